The van der Waals surface area contributed by atoms with Crippen molar-refractivity contribution in [2.24, 2.45) is 0 Å². The molecular weight excluding hydrogens is 403 g/mol. The molecule has 28 heavy (non-hydrogen) atoms. The van der Waals surface area contributed by atoms with Crippen molar-refractivity contribution in [2.45, 2.75) is 57.8 Å². The smallest absolute Gasteiger partial charge is 0.273 e. The minimum absolute atomic E-state index is 0. The first-order chi connectivity index (χ1) is 12.6. The van der Waals surface area contributed by atoms with Crippen LogP contribution in [-0.2, 0) is 4.74 Å². The van der Waals surface area contributed by atoms with Crippen LogP contribution in [0.3, 0.4) is 0 Å². The predicted octanol–water partition coefficient (Wildman–Crippen LogP) is 1.67. The van der Waals surface area contributed by atoms with Crippen molar-refractivity contribution in [3.05, 3.63) is 11.9 Å². The van der Waals surface area contributed by atoms with Gasteiger partial charge in [-0.2, -0.15) is 0 Å². The topological polar surface area (TPSA) is 84.3 Å². The molecule has 3 rings (SSSR count). The van der Waals surface area contributed by atoms with Crippen molar-refractivity contribution in [3.63, 3.8) is 0 Å². The molecule has 10 heteroatoms. The van der Waals surface area contributed by atoms with Gasteiger partial charge in [0.1, 0.15) is 0 Å². The van der Waals surface area contributed by atoms with Crippen LogP contribution in [0.1, 0.15) is 56.1 Å². The summed E-state index contributed by atoms with van der Waals surface area (Å²) in [5.74, 6) is -0.126. The van der Waals surface area contributed by atoms with E-state index in [2.05, 4.69) is 39.7 Å². The van der Waals surface area contributed by atoms with Crippen LogP contribution in [-0.4, -0.2) is 77.3 Å². The Kier molecular flexibility index (Phi) is 11.3. The molecule has 2 atom stereocenters. The van der Waals surface area contributed by atoms with Crippen LogP contribution >= 0.6 is 24.8 Å². The number of hydrogen-bond donors (Lipinski definition) is 2. The molecule has 0 spiro atoms. The number of hydrogen-bond acceptors (Lipinski definition) is 6. The monoisotopic (exact) mass is 436 g/mol. The summed E-state index contributed by atoms with van der Waals surface area (Å²) < 4.78 is 7.60. The number of rotatable bonds is 7. The zero-order chi connectivity index (χ0) is 18.4. The SMILES string of the molecule is CC1CN(CCCCNC(=O)c2cn(C3CCNCC3)nn2)CC(C)O1.Cl.Cl. The third-order valence-electron chi connectivity index (χ3n) is 5.11. The molecule has 2 unspecified atom stereocenters. The summed E-state index contributed by atoms with van der Waals surface area (Å²) in [5.41, 5.74) is 0.416. The van der Waals surface area contributed by atoms with Gasteiger partial charge in [-0.05, 0) is 59.2 Å². The van der Waals surface area contributed by atoms with E-state index in [0.717, 1.165) is 58.4 Å². The lowest BCUT2D eigenvalue weighted by molar-refractivity contribution is -0.0681. The molecule has 1 aromatic rings. The van der Waals surface area contributed by atoms with Gasteiger partial charge in [0.25, 0.3) is 5.91 Å². The molecular formula is C18H34Cl2N6O2. The summed E-state index contributed by atoms with van der Waals surface area (Å²) in [5, 5.41) is 14.5. The third-order valence-corrected chi connectivity index (χ3v) is 5.11. The van der Waals surface area contributed by atoms with Crippen LogP contribution in [0.15, 0.2) is 6.20 Å². The highest BCUT2D eigenvalue weighted by atomic mass is 35.5. The van der Waals surface area contributed by atoms with Gasteiger partial charge in [-0.3, -0.25) is 9.69 Å². The van der Waals surface area contributed by atoms with E-state index < -0.39 is 0 Å². The molecule has 3 heterocycles. The molecule has 0 aromatic carbocycles. The van der Waals surface area contributed by atoms with Gasteiger partial charge in [0.15, 0.2) is 5.69 Å². The number of nitrogens with one attached hydrogen (secondary N) is 2. The number of carbonyl (C=O) groups excluding carboxylic acids is 1. The zero-order valence-electron chi connectivity index (χ0n) is 16.8. The van der Waals surface area contributed by atoms with E-state index in [9.17, 15) is 4.79 Å². The van der Waals surface area contributed by atoms with E-state index in [1.165, 1.54) is 0 Å². The first kappa shape index (κ1) is 25.1. The van der Waals surface area contributed by atoms with E-state index in [1.54, 1.807) is 6.20 Å². The van der Waals surface area contributed by atoms with Crippen LogP contribution in [0.2, 0.25) is 0 Å². The Morgan fingerprint density at radius 3 is 2.57 bits per heavy atom. The van der Waals surface area contributed by atoms with Crippen molar-refractivity contribution in [1.29, 1.82) is 0 Å². The molecule has 0 bridgehead atoms. The lowest BCUT2D eigenvalue weighted by Gasteiger charge is -2.35. The van der Waals surface area contributed by atoms with Crippen LogP contribution in [0, 0.1) is 0 Å². The second kappa shape index (κ2) is 12.6. The lowest BCUT2D eigenvalue weighted by atomic mass is 10.1. The maximum Gasteiger partial charge on any atom is 0.273 e. The molecule has 2 aliphatic heterocycles. The minimum Gasteiger partial charge on any atom is -0.373 e. The fourth-order valence-corrected chi connectivity index (χ4v) is 3.85. The molecule has 2 fully saturated rings. The van der Waals surface area contributed by atoms with Gasteiger partial charge in [-0.25, -0.2) is 4.68 Å². The molecule has 8 nitrogen and oxygen atoms in total. The number of halogens is 2. The van der Waals surface area contributed by atoms with Crippen LogP contribution < -0.4 is 10.6 Å². The molecule has 2 aliphatic rings. The number of unbranched alkanes of at least 4 members (excludes halogenated alkanes) is 1. The Hall–Kier alpha value is -0.930. The lowest BCUT2D eigenvalue weighted by Crippen LogP contribution is -2.45. The Morgan fingerprint density at radius 1 is 1.21 bits per heavy atom. The number of morpholine rings is 1. The van der Waals surface area contributed by atoms with E-state index in [1.807, 2.05) is 4.68 Å². The molecule has 162 valence electrons. The Bertz CT molecular complexity index is 572. The number of nitrogens with zero attached hydrogens (tertiary/aromatic N) is 4. The summed E-state index contributed by atoms with van der Waals surface area (Å²) in [6, 6.07) is 0.351. The van der Waals surface area contributed by atoms with Gasteiger partial charge in [0.2, 0.25) is 0 Å². The highest BCUT2D eigenvalue weighted by Gasteiger charge is 2.21. The van der Waals surface area contributed by atoms with Gasteiger partial charge >= 0.3 is 0 Å². The average Bonchev–Trinajstić information content (AvgIpc) is 3.11. The fraction of sp³-hybridized carbons (Fsp3) is 0.833. The standard InChI is InChI=1S/C18H32N6O2.2ClH/c1-14-11-23(12-15(2)26-14)10-4-3-7-20-18(25)17-13-24(22-21-17)16-5-8-19-9-6-16;;/h13-16,19H,3-12H2,1-2H3,(H,20,25);2*1H. The van der Waals surface area contributed by atoms with E-state index in [0.29, 0.717) is 30.5 Å². The predicted molar refractivity (Wildman–Crippen MR) is 114 cm³/mol. The normalized spacial score (nSPS) is 23.5. The van der Waals surface area contributed by atoms with Crippen molar-refractivity contribution in [3.8, 4) is 0 Å². The maximum absolute atomic E-state index is 12.2. The molecule has 1 aromatic heterocycles. The average molecular weight is 437 g/mol. The highest BCUT2D eigenvalue weighted by molar-refractivity contribution is 5.91. The van der Waals surface area contributed by atoms with Gasteiger partial charge in [0, 0.05) is 19.6 Å². The molecule has 0 radical (unpaired) electrons. The Balaban J connectivity index is 0.00000196. The quantitative estimate of drug-likeness (QED) is 0.632. The van der Waals surface area contributed by atoms with Crippen molar-refractivity contribution in [1.82, 2.24) is 30.5 Å². The highest BCUT2D eigenvalue weighted by Crippen LogP contribution is 2.17. The van der Waals surface area contributed by atoms with Crippen LogP contribution in [0.25, 0.3) is 0 Å². The summed E-state index contributed by atoms with van der Waals surface area (Å²) in [6.07, 6.45) is 6.49. The van der Waals surface area contributed by atoms with Gasteiger partial charge in [-0.1, -0.05) is 5.21 Å². The largest absolute Gasteiger partial charge is 0.373 e. The summed E-state index contributed by atoms with van der Waals surface area (Å²) in [7, 11) is 0. The second-order valence-corrected chi connectivity index (χ2v) is 7.54. The van der Waals surface area contributed by atoms with E-state index in [-0.39, 0.29) is 30.7 Å². The number of ether oxygens (including phenoxy) is 1. The van der Waals surface area contributed by atoms with Gasteiger partial charge in [-0.15, -0.1) is 29.9 Å². The Morgan fingerprint density at radius 2 is 1.89 bits per heavy atom. The molecule has 0 aliphatic carbocycles. The van der Waals surface area contributed by atoms with Crippen molar-refractivity contribution >= 4 is 30.7 Å². The summed E-state index contributed by atoms with van der Waals surface area (Å²) in [6.45, 7) is 9.96. The van der Waals surface area contributed by atoms with E-state index >= 15 is 0 Å². The molecule has 1 amide bonds. The van der Waals surface area contributed by atoms with E-state index in [4.69, 9.17) is 4.74 Å². The maximum atomic E-state index is 12.2. The third kappa shape index (κ3) is 7.48. The number of amides is 1. The molecule has 2 N–H and O–H groups in total. The first-order valence-corrected chi connectivity index (χ1v) is 9.90. The minimum atomic E-state index is -0.126. The molecule has 2 saturated heterocycles. The number of carbonyl (C=O) groups is 1. The van der Waals surface area contributed by atoms with Gasteiger partial charge < -0.3 is 15.4 Å². The zero-order valence-corrected chi connectivity index (χ0v) is 18.4. The summed E-state index contributed by atoms with van der Waals surface area (Å²) >= 11 is 0. The fourth-order valence-electron chi connectivity index (χ4n) is 3.85. The van der Waals surface area contributed by atoms with Crippen LogP contribution in [0.4, 0.5) is 0 Å². The van der Waals surface area contributed by atoms with Crippen molar-refractivity contribution < 1.29 is 9.53 Å². The summed E-state index contributed by atoms with van der Waals surface area (Å²) in [4.78, 5) is 14.7. The Labute approximate surface area is 179 Å². The number of aromatic nitrogens is 3. The van der Waals surface area contributed by atoms with Crippen LogP contribution in [0.5, 0.6) is 0 Å². The molecule has 0 saturated carbocycles. The van der Waals surface area contributed by atoms with Gasteiger partial charge in [0.05, 0.1) is 24.4 Å². The first-order valence-electron chi connectivity index (χ1n) is 9.90. The second-order valence-electron chi connectivity index (χ2n) is 7.54. The van der Waals surface area contributed by atoms with Crippen molar-refractivity contribution in [2.75, 3.05) is 39.3 Å². The number of piperidine rings is 1.